The summed E-state index contributed by atoms with van der Waals surface area (Å²) < 4.78 is 0.959. The number of nitrogens with two attached hydrogens (primary N) is 1. The Balaban J connectivity index is 2.41. The maximum atomic E-state index is 9.53. The minimum absolute atomic E-state index is 0.231. The van der Waals surface area contributed by atoms with Gasteiger partial charge in [-0.25, -0.2) is 0 Å². The van der Waals surface area contributed by atoms with Gasteiger partial charge >= 0.3 is 0 Å². The number of hydrogen-bond donors (Lipinski definition) is 2. The van der Waals surface area contributed by atoms with Crippen LogP contribution < -0.4 is 5.73 Å². The van der Waals surface area contributed by atoms with Gasteiger partial charge in [0.05, 0.1) is 0 Å². The molecule has 1 saturated carbocycles. The Hall–Kier alpha value is -0.540. The molecule has 0 spiro atoms. The topological polar surface area (TPSA) is 46.2 Å². The van der Waals surface area contributed by atoms with Gasteiger partial charge in [0.15, 0.2) is 0 Å². The second-order valence-electron chi connectivity index (χ2n) is 3.18. The normalized spacial score (nSPS) is 27.2. The molecule has 12 heavy (non-hydrogen) atoms. The standard InChI is InChI=1S/C9H10BrNO/c10-6-2-1-3-8(12)9(6)5-4-7(5)11/h1-3,5,7,12H,4,11H2. The van der Waals surface area contributed by atoms with Crippen LogP contribution in [-0.2, 0) is 0 Å². The van der Waals surface area contributed by atoms with E-state index in [4.69, 9.17) is 5.73 Å². The van der Waals surface area contributed by atoms with E-state index in [1.54, 1.807) is 6.07 Å². The van der Waals surface area contributed by atoms with E-state index in [0.29, 0.717) is 11.7 Å². The first-order chi connectivity index (χ1) is 5.70. The summed E-state index contributed by atoms with van der Waals surface area (Å²) in [4.78, 5) is 0. The van der Waals surface area contributed by atoms with Gasteiger partial charge in [0.1, 0.15) is 5.75 Å². The van der Waals surface area contributed by atoms with Gasteiger partial charge in [-0.1, -0.05) is 22.0 Å². The Morgan fingerprint density at radius 2 is 2.17 bits per heavy atom. The molecule has 2 atom stereocenters. The van der Waals surface area contributed by atoms with Crippen molar-refractivity contribution >= 4 is 15.9 Å². The van der Waals surface area contributed by atoms with E-state index in [1.807, 2.05) is 12.1 Å². The molecule has 1 aromatic carbocycles. The lowest BCUT2D eigenvalue weighted by Crippen LogP contribution is -2.01. The van der Waals surface area contributed by atoms with E-state index in [2.05, 4.69) is 15.9 Å². The minimum Gasteiger partial charge on any atom is -0.508 e. The molecule has 0 amide bonds. The smallest absolute Gasteiger partial charge is 0.120 e. The molecule has 1 fully saturated rings. The van der Waals surface area contributed by atoms with E-state index in [9.17, 15) is 5.11 Å². The largest absolute Gasteiger partial charge is 0.508 e. The fourth-order valence-corrected chi connectivity index (χ4v) is 2.09. The highest BCUT2D eigenvalue weighted by molar-refractivity contribution is 9.10. The van der Waals surface area contributed by atoms with E-state index in [0.717, 1.165) is 16.5 Å². The summed E-state index contributed by atoms with van der Waals surface area (Å²) in [5.41, 5.74) is 6.67. The summed E-state index contributed by atoms with van der Waals surface area (Å²) in [5, 5.41) is 9.53. The Kier molecular flexibility index (Phi) is 1.85. The number of phenols is 1. The van der Waals surface area contributed by atoms with Crippen molar-refractivity contribution in [2.75, 3.05) is 0 Å². The van der Waals surface area contributed by atoms with Crippen molar-refractivity contribution in [1.82, 2.24) is 0 Å². The zero-order valence-corrected chi connectivity index (χ0v) is 8.08. The van der Waals surface area contributed by atoms with Crippen molar-refractivity contribution in [1.29, 1.82) is 0 Å². The molecular weight excluding hydrogens is 218 g/mol. The van der Waals surface area contributed by atoms with E-state index in [1.165, 1.54) is 0 Å². The van der Waals surface area contributed by atoms with Gasteiger partial charge in [-0.15, -0.1) is 0 Å². The molecule has 0 bridgehead atoms. The number of aromatic hydroxyl groups is 1. The fourth-order valence-electron chi connectivity index (χ4n) is 1.44. The second kappa shape index (κ2) is 2.75. The monoisotopic (exact) mass is 227 g/mol. The molecule has 0 aliphatic heterocycles. The number of hydrogen-bond acceptors (Lipinski definition) is 2. The summed E-state index contributed by atoms with van der Waals surface area (Å²) in [6.07, 6.45) is 0.982. The predicted octanol–water partition coefficient (Wildman–Crippen LogP) is 1.97. The predicted molar refractivity (Wildman–Crippen MR) is 51.1 cm³/mol. The summed E-state index contributed by atoms with van der Waals surface area (Å²) in [7, 11) is 0. The first kappa shape index (κ1) is 8.08. The van der Waals surface area contributed by atoms with Gasteiger partial charge in [-0.3, -0.25) is 0 Å². The molecule has 0 heterocycles. The second-order valence-corrected chi connectivity index (χ2v) is 4.03. The van der Waals surface area contributed by atoms with Gasteiger partial charge in [-0.2, -0.15) is 0 Å². The molecule has 2 rings (SSSR count). The fraction of sp³-hybridized carbons (Fsp3) is 0.333. The molecule has 1 aliphatic rings. The van der Waals surface area contributed by atoms with Gasteiger partial charge in [-0.05, 0) is 18.6 Å². The average molecular weight is 228 g/mol. The zero-order valence-electron chi connectivity index (χ0n) is 6.50. The quantitative estimate of drug-likeness (QED) is 0.771. The molecule has 0 aromatic heterocycles. The van der Waals surface area contributed by atoms with E-state index < -0.39 is 0 Å². The van der Waals surface area contributed by atoms with Crippen LogP contribution in [0.25, 0.3) is 0 Å². The molecule has 2 unspecified atom stereocenters. The number of benzene rings is 1. The van der Waals surface area contributed by atoms with Crippen molar-refractivity contribution in [3.8, 4) is 5.75 Å². The van der Waals surface area contributed by atoms with Crippen LogP contribution in [-0.4, -0.2) is 11.1 Å². The summed E-state index contributed by atoms with van der Waals surface area (Å²) >= 11 is 3.40. The van der Waals surface area contributed by atoms with Crippen molar-refractivity contribution in [2.45, 2.75) is 18.4 Å². The van der Waals surface area contributed by atoms with Crippen LogP contribution in [0.5, 0.6) is 5.75 Å². The first-order valence-corrected chi connectivity index (χ1v) is 4.72. The van der Waals surface area contributed by atoms with Crippen LogP contribution in [0, 0.1) is 0 Å². The van der Waals surface area contributed by atoms with Crippen molar-refractivity contribution in [3.05, 3.63) is 28.2 Å². The van der Waals surface area contributed by atoms with Crippen LogP contribution in [0.3, 0.4) is 0 Å². The van der Waals surface area contributed by atoms with Gasteiger partial charge in [0.25, 0.3) is 0 Å². The lowest BCUT2D eigenvalue weighted by molar-refractivity contribution is 0.467. The van der Waals surface area contributed by atoms with E-state index in [-0.39, 0.29) is 6.04 Å². The lowest BCUT2D eigenvalue weighted by atomic mass is 10.1. The van der Waals surface area contributed by atoms with Crippen molar-refractivity contribution in [2.24, 2.45) is 5.73 Å². The maximum absolute atomic E-state index is 9.53. The molecule has 0 saturated heterocycles. The summed E-state index contributed by atoms with van der Waals surface area (Å²) in [6, 6.07) is 5.68. The zero-order chi connectivity index (χ0) is 8.72. The van der Waals surface area contributed by atoms with E-state index >= 15 is 0 Å². The highest BCUT2D eigenvalue weighted by atomic mass is 79.9. The number of phenolic OH excluding ortho intramolecular Hbond substituents is 1. The Morgan fingerprint density at radius 1 is 1.50 bits per heavy atom. The highest BCUT2D eigenvalue weighted by Gasteiger charge is 2.37. The molecule has 0 radical (unpaired) electrons. The van der Waals surface area contributed by atoms with Crippen LogP contribution >= 0.6 is 15.9 Å². The third kappa shape index (κ3) is 1.23. The SMILES string of the molecule is NC1CC1c1c(O)cccc1Br. The molecule has 2 nitrogen and oxygen atoms in total. The third-order valence-corrected chi connectivity index (χ3v) is 2.93. The molecular formula is C9H10BrNO. The van der Waals surface area contributed by atoms with Crippen LogP contribution in [0.15, 0.2) is 22.7 Å². The number of halogens is 1. The van der Waals surface area contributed by atoms with Gasteiger partial charge in [0, 0.05) is 22.0 Å². The number of rotatable bonds is 1. The first-order valence-electron chi connectivity index (χ1n) is 3.93. The van der Waals surface area contributed by atoms with Crippen molar-refractivity contribution < 1.29 is 5.11 Å². The highest BCUT2D eigenvalue weighted by Crippen LogP contribution is 2.46. The average Bonchev–Trinajstić information content (AvgIpc) is 2.67. The Morgan fingerprint density at radius 3 is 2.67 bits per heavy atom. The van der Waals surface area contributed by atoms with Crippen LogP contribution in [0.1, 0.15) is 17.9 Å². The summed E-state index contributed by atoms with van der Waals surface area (Å²) in [6.45, 7) is 0. The third-order valence-electron chi connectivity index (χ3n) is 2.24. The van der Waals surface area contributed by atoms with Crippen LogP contribution in [0.2, 0.25) is 0 Å². The van der Waals surface area contributed by atoms with Gasteiger partial charge < -0.3 is 10.8 Å². The molecule has 64 valence electrons. The Labute approximate surface area is 79.5 Å². The van der Waals surface area contributed by atoms with Gasteiger partial charge in [0.2, 0.25) is 0 Å². The van der Waals surface area contributed by atoms with Crippen molar-refractivity contribution in [3.63, 3.8) is 0 Å². The lowest BCUT2D eigenvalue weighted by Gasteiger charge is -2.04. The molecule has 3 N–H and O–H groups in total. The molecule has 1 aliphatic carbocycles. The Bertz CT molecular complexity index is 293. The molecule has 1 aromatic rings. The van der Waals surface area contributed by atoms with Crippen LogP contribution in [0.4, 0.5) is 0 Å². The minimum atomic E-state index is 0.231. The summed E-state index contributed by atoms with van der Waals surface area (Å²) in [5.74, 6) is 0.697. The maximum Gasteiger partial charge on any atom is 0.120 e. The molecule has 3 heteroatoms.